The standard InChI is InChI=1S/C14H18N2O3/c1-9-5-4-6-12(10(9)2)16-8-11(13(17)18)7-15(3)14(16)19/h4-6,11H,7-8H2,1-3H3,(H,17,18). The lowest BCUT2D eigenvalue weighted by molar-refractivity contribution is -0.142. The number of carbonyl (C=O) groups is 2. The van der Waals surface area contributed by atoms with Crippen LogP contribution in [0.4, 0.5) is 10.5 Å². The summed E-state index contributed by atoms with van der Waals surface area (Å²) in [4.78, 5) is 26.4. The molecule has 1 unspecified atom stereocenters. The molecule has 1 saturated heterocycles. The minimum atomic E-state index is -0.866. The maximum atomic E-state index is 12.2. The van der Waals surface area contributed by atoms with E-state index in [9.17, 15) is 9.59 Å². The van der Waals surface area contributed by atoms with E-state index in [-0.39, 0.29) is 19.1 Å². The van der Waals surface area contributed by atoms with Gasteiger partial charge in [-0.15, -0.1) is 0 Å². The molecule has 5 nitrogen and oxygen atoms in total. The summed E-state index contributed by atoms with van der Waals surface area (Å²) in [5.41, 5.74) is 2.89. The Morgan fingerprint density at radius 1 is 1.32 bits per heavy atom. The lowest BCUT2D eigenvalue weighted by Crippen LogP contribution is -2.54. The molecule has 0 aromatic heterocycles. The molecule has 19 heavy (non-hydrogen) atoms. The van der Waals surface area contributed by atoms with Crippen LogP contribution in [-0.2, 0) is 4.79 Å². The lowest BCUT2D eigenvalue weighted by atomic mass is 10.0. The monoisotopic (exact) mass is 262 g/mol. The van der Waals surface area contributed by atoms with E-state index in [1.54, 1.807) is 11.9 Å². The number of carbonyl (C=O) groups excluding carboxylic acids is 1. The summed E-state index contributed by atoms with van der Waals surface area (Å²) in [6.45, 7) is 4.41. The van der Waals surface area contributed by atoms with Gasteiger partial charge in [0.15, 0.2) is 0 Å². The zero-order valence-electron chi connectivity index (χ0n) is 11.4. The van der Waals surface area contributed by atoms with Crippen molar-refractivity contribution in [1.29, 1.82) is 0 Å². The van der Waals surface area contributed by atoms with Crippen LogP contribution in [0.2, 0.25) is 0 Å². The Bertz CT molecular complexity index is 527. The third-order valence-electron chi connectivity index (χ3n) is 3.67. The molecule has 102 valence electrons. The molecule has 0 saturated carbocycles. The number of aryl methyl sites for hydroxylation is 1. The fourth-order valence-electron chi connectivity index (χ4n) is 2.36. The second kappa shape index (κ2) is 4.91. The number of carboxylic acid groups (broad SMARTS) is 1. The zero-order chi connectivity index (χ0) is 14.2. The summed E-state index contributed by atoms with van der Waals surface area (Å²) < 4.78 is 0. The van der Waals surface area contributed by atoms with Gasteiger partial charge in [0.2, 0.25) is 0 Å². The maximum absolute atomic E-state index is 12.2. The normalized spacial score (nSPS) is 19.7. The Morgan fingerprint density at radius 3 is 2.63 bits per heavy atom. The summed E-state index contributed by atoms with van der Waals surface area (Å²) in [5.74, 6) is -1.42. The van der Waals surface area contributed by atoms with Gasteiger partial charge in [0.25, 0.3) is 0 Å². The molecule has 0 bridgehead atoms. The Balaban J connectivity index is 2.38. The van der Waals surface area contributed by atoms with Crippen LogP contribution < -0.4 is 4.90 Å². The summed E-state index contributed by atoms with van der Waals surface area (Å²) >= 11 is 0. The molecule has 0 spiro atoms. The van der Waals surface area contributed by atoms with Gasteiger partial charge < -0.3 is 10.0 Å². The number of aliphatic carboxylic acids is 1. The predicted octanol–water partition coefficient (Wildman–Crippen LogP) is 1.88. The molecular weight excluding hydrogens is 244 g/mol. The first-order valence-electron chi connectivity index (χ1n) is 6.23. The Kier molecular flexibility index (Phi) is 3.46. The molecule has 1 fully saturated rings. The van der Waals surface area contributed by atoms with Crippen molar-refractivity contribution >= 4 is 17.7 Å². The van der Waals surface area contributed by atoms with Crippen molar-refractivity contribution in [3.63, 3.8) is 0 Å². The molecular formula is C14H18N2O3. The second-order valence-corrected chi connectivity index (χ2v) is 5.03. The third-order valence-corrected chi connectivity index (χ3v) is 3.67. The van der Waals surface area contributed by atoms with E-state index in [2.05, 4.69) is 0 Å². The van der Waals surface area contributed by atoms with E-state index in [1.165, 1.54) is 4.90 Å². The fourth-order valence-corrected chi connectivity index (χ4v) is 2.36. The number of anilines is 1. The second-order valence-electron chi connectivity index (χ2n) is 5.03. The smallest absolute Gasteiger partial charge is 0.324 e. The number of benzene rings is 1. The summed E-state index contributed by atoms with van der Waals surface area (Å²) in [6.07, 6.45) is 0. The highest BCUT2D eigenvalue weighted by molar-refractivity contribution is 5.95. The molecule has 1 aliphatic heterocycles. The minimum absolute atomic E-state index is 0.147. The summed E-state index contributed by atoms with van der Waals surface area (Å²) in [5, 5.41) is 9.17. The molecule has 1 heterocycles. The largest absolute Gasteiger partial charge is 0.481 e. The first kappa shape index (κ1) is 13.4. The van der Waals surface area contributed by atoms with Crippen LogP contribution in [0.15, 0.2) is 18.2 Å². The quantitative estimate of drug-likeness (QED) is 0.885. The summed E-state index contributed by atoms with van der Waals surface area (Å²) in [6, 6.07) is 5.57. The van der Waals surface area contributed by atoms with E-state index in [0.29, 0.717) is 0 Å². The molecule has 1 aromatic carbocycles. The van der Waals surface area contributed by atoms with Gasteiger partial charge >= 0.3 is 12.0 Å². The van der Waals surface area contributed by atoms with E-state index < -0.39 is 11.9 Å². The van der Waals surface area contributed by atoms with Gasteiger partial charge in [-0.05, 0) is 31.0 Å². The number of rotatable bonds is 2. The Morgan fingerprint density at radius 2 is 2.00 bits per heavy atom. The molecule has 2 rings (SSSR count). The number of amides is 2. The Labute approximate surface area is 112 Å². The van der Waals surface area contributed by atoms with Gasteiger partial charge in [-0.25, -0.2) is 4.79 Å². The maximum Gasteiger partial charge on any atom is 0.324 e. The average Bonchev–Trinajstić information content (AvgIpc) is 2.36. The number of carboxylic acids is 1. The number of hydrogen-bond acceptors (Lipinski definition) is 2. The molecule has 0 aliphatic carbocycles. The highest BCUT2D eigenvalue weighted by atomic mass is 16.4. The first-order chi connectivity index (χ1) is 8.91. The average molecular weight is 262 g/mol. The SMILES string of the molecule is Cc1cccc(N2CC(C(=O)O)CN(C)C2=O)c1C. The number of nitrogens with zero attached hydrogens (tertiary/aromatic N) is 2. The minimum Gasteiger partial charge on any atom is -0.481 e. The van der Waals surface area contributed by atoms with E-state index in [4.69, 9.17) is 5.11 Å². The van der Waals surface area contributed by atoms with Crippen molar-refractivity contribution in [2.75, 3.05) is 25.0 Å². The van der Waals surface area contributed by atoms with Crippen LogP contribution in [0.5, 0.6) is 0 Å². The van der Waals surface area contributed by atoms with Gasteiger partial charge in [-0.3, -0.25) is 9.69 Å². The van der Waals surface area contributed by atoms with Crippen LogP contribution in [-0.4, -0.2) is 42.1 Å². The van der Waals surface area contributed by atoms with Crippen molar-refractivity contribution in [2.24, 2.45) is 5.92 Å². The Hall–Kier alpha value is -2.04. The molecule has 5 heteroatoms. The zero-order valence-corrected chi connectivity index (χ0v) is 11.4. The van der Waals surface area contributed by atoms with Crippen molar-refractivity contribution in [3.8, 4) is 0 Å². The van der Waals surface area contributed by atoms with Crippen molar-refractivity contribution in [2.45, 2.75) is 13.8 Å². The molecule has 1 aromatic rings. The molecule has 2 amide bonds. The van der Waals surface area contributed by atoms with Crippen molar-refractivity contribution < 1.29 is 14.7 Å². The van der Waals surface area contributed by atoms with Crippen LogP contribution in [0.3, 0.4) is 0 Å². The fraction of sp³-hybridized carbons (Fsp3) is 0.429. The van der Waals surface area contributed by atoms with Crippen LogP contribution in [0.1, 0.15) is 11.1 Å². The van der Waals surface area contributed by atoms with E-state index in [0.717, 1.165) is 16.8 Å². The van der Waals surface area contributed by atoms with E-state index >= 15 is 0 Å². The lowest BCUT2D eigenvalue weighted by Gasteiger charge is -2.37. The molecule has 1 N–H and O–H groups in total. The first-order valence-corrected chi connectivity index (χ1v) is 6.23. The van der Waals surface area contributed by atoms with Crippen molar-refractivity contribution in [3.05, 3.63) is 29.3 Å². The van der Waals surface area contributed by atoms with Gasteiger partial charge in [0.1, 0.15) is 0 Å². The van der Waals surface area contributed by atoms with Crippen LogP contribution in [0.25, 0.3) is 0 Å². The predicted molar refractivity (Wildman–Crippen MR) is 72.4 cm³/mol. The van der Waals surface area contributed by atoms with Gasteiger partial charge in [-0.2, -0.15) is 0 Å². The molecule has 1 atom stereocenters. The number of hydrogen-bond donors (Lipinski definition) is 1. The highest BCUT2D eigenvalue weighted by Crippen LogP contribution is 2.27. The van der Waals surface area contributed by atoms with Crippen molar-refractivity contribution in [1.82, 2.24) is 4.90 Å². The molecule has 1 aliphatic rings. The van der Waals surface area contributed by atoms with Gasteiger partial charge in [-0.1, -0.05) is 12.1 Å². The van der Waals surface area contributed by atoms with Crippen LogP contribution in [0, 0.1) is 19.8 Å². The molecule has 0 radical (unpaired) electrons. The van der Waals surface area contributed by atoms with Gasteiger partial charge in [0.05, 0.1) is 5.92 Å². The topological polar surface area (TPSA) is 60.9 Å². The highest BCUT2D eigenvalue weighted by Gasteiger charge is 2.34. The van der Waals surface area contributed by atoms with E-state index in [1.807, 2.05) is 32.0 Å². The van der Waals surface area contributed by atoms with Gasteiger partial charge in [0, 0.05) is 25.8 Å². The number of urea groups is 1. The summed E-state index contributed by atoms with van der Waals surface area (Å²) in [7, 11) is 1.63. The third kappa shape index (κ3) is 2.41. The van der Waals surface area contributed by atoms with Crippen LogP contribution >= 0.6 is 0 Å².